The summed E-state index contributed by atoms with van der Waals surface area (Å²) in [4.78, 5) is 21.5. The van der Waals surface area contributed by atoms with Gasteiger partial charge in [0.25, 0.3) is 5.69 Å². The van der Waals surface area contributed by atoms with E-state index in [4.69, 9.17) is 11.6 Å². The van der Waals surface area contributed by atoms with E-state index in [0.717, 1.165) is 5.56 Å². The first-order valence-electron chi connectivity index (χ1n) is 4.89. The normalized spacial score (nSPS) is 10.1. The van der Waals surface area contributed by atoms with Crippen LogP contribution in [0.1, 0.15) is 16.7 Å². The summed E-state index contributed by atoms with van der Waals surface area (Å²) in [7, 11) is 1.24. The molecule has 6 heteroatoms. The van der Waals surface area contributed by atoms with Gasteiger partial charge in [-0.3, -0.25) is 14.9 Å². The monoisotopic (exact) mass is 257 g/mol. The van der Waals surface area contributed by atoms with Gasteiger partial charge in [-0.2, -0.15) is 0 Å². The topological polar surface area (TPSA) is 69.4 Å². The molecular formula is C11H12ClNO4. The van der Waals surface area contributed by atoms with E-state index in [1.807, 2.05) is 0 Å². The minimum atomic E-state index is -0.520. The van der Waals surface area contributed by atoms with Crippen molar-refractivity contribution in [1.29, 1.82) is 0 Å². The highest BCUT2D eigenvalue weighted by Crippen LogP contribution is 2.25. The summed E-state index contributed by atoms with van der Waals surface area (Å²) < 4.78 is 4.50. The molecule has 0 bridgehead atoms. The number of benzene rings is 1. The summed E-state index contributed by atoms with van der Waals surface area (Å²) in [6.45, 7) is 1.79. The van der Waals surface area contributed by atoms with Gasteiger partial charge in [0.1, 0.15) is 0 Å². The van der Waals surface area contributed by atoms with Crippen molar-refractivity contribution in [3.05, 3.63) is 38.9 Å². The van der Waals surface area contributed by atoms with Crippen molar-refractivity contribution < 1.29 is 14.5 Å². The maximum absolute atomic E-state index is 11.2. The number of esters is 1. The van der Waals surface area contributed by atoms with Gasteiger partial charge in [0.05, 0.1) is 18.5 Å². The molecule has 0 unspecified atom stereocenters. The molecule has 0 atom stereocenters. The molecule has 0 N–H and O–H groups in total. The van der Waals surface area contributed by atoms with Gasteiger partial charge in [0.15, 0.2) is 0 Å². The molecule has 5 nitrogen and oxygen atoms in total. The van der Waals surface area contributed by atoms with Crippen LogP contribution in [0.25, 0.3) is 0 Å². The van der Waals surface area contributed by atoms with Crippen molar-refractivity contribution in [2.24, 2.45) is 0 Å². The number of carbonyl (C=O) groups is 1. The first kappa shape index (κ1) is 13.4. The number of alkyl halides is 1. The molecule has 1 aromatic carbocycles. The van der Waals surface area contributed by atoms with Crippen LogP contribution in [0.3, 0.4) is 0 Å². The lowest BCUT2D eigenvalue weighted by atomic mass is 10.0. The van der Waals surface area contributed by atoms with Crippen LogP contribution in [0.2, 0.25) is 0 Å². The lowest BCUT2D eigenvalue weighted by molar-refractivity contribution is -0.385. The molecule has 1 aromatic rings. The number of rotatable bonds is 4. The maximum Gasteiger partial charge on any atom is 0.310 e. The zero-order valence-corrected chi connectivity index (χ0v) is 10.3. The van der Waals surface area contributed by atoms with E-state index in [2.05, 4.69) is 4.74 Å². The third-order valence-electron chi connectivity index (χ3n) is 2.44. The molecule has 0 amide bonds. The van der Waals surface area contributed by atoms with Gasteiger partial charge < -0.3 is 4.74 Å². The molecule has 0 radical (unpaired) electrons. The van der Waals surface area contributed by atoms with Crippen LogP contribution in [-0.4, -0.2) is 18.0 Å². The third kappa shape index (κ3) is 3.17. The van der Waals surface area contributed by atoms with Gasteiger partial charge in [-0.1, -0.05) is 0 Å². The summed E-state index contributed by atoms with van der Waals surface area (Å²) in [5.74, 6) is -0.309. The van der Waals surface area contributed by atoms with E-state index in [9.17, 15) is 14.9 Å². The van der Waals surface area contributed by atoms with Crippen molar-refractivity contribution in [2.75, 3.05) is 7.11 Å². The molecule has 92 valence electrons. The summed E-state index contributed by atoms with van der Waals surface area (Å²) in [6.07, 6.45) is -0.115. The number of carbonyl (C=O) groups excluding carboxylic acids is 1. The third-order valence-corrected chi connectivity index (χ3v) is 2.73. The standard InChI is InChI=1S/C11H12ClNO4/c1-7-3-8(5-11(14)17-2)10(13(15)16)4-9(7)6-12/h3-4H,5-6H2,1-2H3. The zero-order chi connectivity index (χ0) is 13.0. The first-order valence-corrected chi connectivity index (χ1v) is 5.42. The minimum Gasteiger partial charge on any atom is -0.469 e. The van der Waals surface area contributed by atoms with Crippen molar-refractivity contribution in [1.82, 2.24) is 0 Å². The summed E-state index contributed by atoms with van der Waals surface area (Å²) in [5, 5.41) is 10.9. The SMILES string of the molecule is COC(=O)Cc1cc(C)c(CCl)cc1[N+](=O)[O-]. The summed E-state index contributed by atoms with van der Waals surface area (Å²) in [6, 6.07) is 3.01. The smallest absolute Gasteiger partial charge is 0.310 e. The van der Waals surface area contributed by atoms with Crippen LogP contribution in [0.15, 0.2) is 12.1 Å². The van der Waals surface area contributed by atoms with Gasteiger partial charge in [0, 0.05) is 17.5 Å². The molecule has 1 rings (SSSR count). The molecular weight excluding hydrogens is 246 g/mol. The average molecular weight is 258 g/mol. The average Bonchev–Trinajstić information content (AvgIpc) is 2.28. The summed E-state index contributed by atoms with van der Waals surface area (Å²) in [5.41, 5.74) is 1.75. The fourth-order valence-corrected chi connectivity index (χ4v) is 1.77. The van der Waals surface area contributed by atoms with Crippen LogP contribution >= 0.6 is 11.6 Å². The molecule has 0 saturated heterocycles. The molecule has 0 spiro atoms. The summed E-state index contributed by atoms with van der Waals surface area (Å²) >= 11 is 5.68. The highest BCUT2D eigenvalue weighted by molar-refractivity contribution is 6.17. The van der Waals surface area contributed by atoms with Crippen LogP contribution in [0.4, 0.5) is 5.69 Å². The molecule has 0 aromatic heterocycles. The van der Waals surface area contributed by atoms with Gasteiger partial charge in [-0.25, -0.2) is 0 Å². The Bertz CT molecular complexity index is 459. The second-order valence-electron chi connectivity index (χ2n) is 3.55. The van der Waals surface area contributed by atoms with Crippen LogP contribution in [0, 0.1) is 17.0 Å². The lowest BCUT2D eigenvalue weighted by Gasteiger charge is -2.07. The quantitative estimate of drug-likeness (QED) is 0.359. The Balaban J connectivity index is 3.23. The number of hydrogen-bond acceptors (Lipinski definition) is 4. The lowest BCUT2D eigenvalue weighted by Crippen LogP contribution is -2.08. The number of aryl methyl sites for hydroxylation is 1. The van der Waals surface area contributed by atoms with Gasteiger partial charge in [0.2, 0.25) is 0 Å². The first-order chi connectivity index (χ1) is 7.99. The Labute approximate surface area is 103 Å². The second kappa shape index (κ2) is 5.63. The highest BCUT2D eigenvalue weighted by Gasteiger charge is 2.18. The van der Waals surface area contributed by atoms with E-state index < -0.39 is 10.9 Å². The fraction of sp³-hybridized carbons (Fsp3) is 0.364. The molecule has 0 saturated carbocycles. The Kier molecular flexibility index (Phi) is 4.45. The van der Waals surface area contributed by atoms with E-state index in [-0.39, 0.29) is 18.0 Å². The Morgan fingerprint density at radius 1 is 1.47 bits per heavy atom. The minimum absolute atomic E-state index is 0.100. The predicted octanol–water partition coefficient (Wildman–Crippen LogP) is 2.36. The number of nitro benzene ring substituents is 1. The number of nitro groups is 1. The van der Waals surface area contributed by atoms with Crippen LogP contribution in [-0.2, 0) is 21.8 Å². The van der Waals surface area contributed by atoms with Crippen molar-refractivity contribution in [3.63, 3.8) is 0 Å². The van der Waals surface area contributed by atoms with Crippen molar-refractivity contribution in [2.45, 2.75) is 19.2 Å². The number of nitrogens with zero attached hydrogens (tertiary/aromatic N) is 1. The van der Waals surface area contributed by atoms with E-state index in [1.54, 1.807) is 13.0 Å². The van der Waals surface area contributed by atoms with Crippen LogP contribution < -0.4 is 0 Å². The van der Waals surface area contributed by atoms with Crippen molar-refractivity contribution >= 4 is 23.3 Å². The maximum atomic E-state index is 11.2. The van der Waals surface area contributed by atoms with Gasteiger partial charge >= 0.3 is 5.97 Å². The number of halogens is 1. The number of methoxy groups -OCH3 is 1. The Morgan fingerprint density at radius 3 is 2.59 bits per heavy atom. The molecule has 17 heavy (non-hydrogen) atoms. The largest absolute Gasteiger partial charge is 0.469 e. The van der Waals surface area contributed by atoms with Gasteiger partial charge in [-0.15, -0.1) is 11.6 Å². The zero-order valence-electron chi connectivity index (χ0n) is 9.53. The van der Waals surface area contributed by atoms with Crippen molar-refractivity contribution in [3.8, 4) is 0 Å². The molecule has 0 fully saturated rings. The van der Waals surface area contributed by atoms with E-state index in [1.165, 1.54) is 13.2 Å². The van der Waals surface area contributed by atoms with E-state index in [0.29, 0.717) is 11.1 Å². The fourth-order valence-electron chi connectivity index (χ4n) is 1.48. The molecule has 0 heterocycles. The second-order valence-corrected chi connectivity index (χ2v) is 3.82. The molecule has 0 aliphatic carbocycles. The number of ether oxygens (including phenoxy) is 1. The number of hydrogen-bond donors (Lipinski definition) is 0. The van der Waals surface area contributed by atoms with Gasteiger partial charge in [-0.05, 0) is 24.1 Å². The van der Waals surface area contributed by atoms with Crippen LogP contribution in [0.5, 0.6) is 0 Å². The molecule has 0 aliphatic heterocycles. The Hall–Kier alpha value is -1.62. The Morgan fingerprint density at radius 2 is 2.12 bits per heavy atom. The molecule has 0 aliphatic rings. The highest BCUT2D eigenvalue weighted by atomic mass is 35.5. The predicted molar refractivity (Wildman–Crippen MR) is 63.1 cm³/mol. The van der Waals surface area contributed by atoms with E-state index >= 15 is 0 Å².